The van der Waals surface area contributed by atoms with Gasteiger partial charge in [-0.25, -0.2) is 9.97 Å². The molecule has 0 amide bonds. The van der Waals surface area contributed by atoms with Gasteiger partial charge in [-0.15, -0.1) is 0 Å². The van der Waals surface area contributed by atoms with Gasteiger partial charge in [0, 0.05) is 8.96 Å². The molecule has 1 heterocycles. The summed E-state index contributed by atoms with van der Waals surface area (Å²) in [5.74, 6) is 0.874. The zero-order valence-corrected chi connectivity index (χ0v) is 15.4. The van der Waals surface area contributed by atoms with E-state index < -0.39 is 0 Å². The summed E-state index contributed by atoms with van der Waals surface area (Å²) in [7, 11) is 0. The summed E-state index contributed by atoms with van der Waals surface area (Å²) < 4.78 is 1.18. The second-order valence-corrected chi connectivity index (χ2v) is 7.06. The van der Waals surface area contributed by atoms with Crippen molar-refractivity contribution in [2.24, 2.45) is 0 Å². The maximum Gasteiger partial charge on any atom is 0.137 e. The fourth-order valence-corrected chi connectivity index (χ4v) is 3.55. The Kier molecular flexibility index (Phi) is 4.06. The molecule has 0 aliphatic heterocycles. The number of nitrogens with zero attached hydrogens (tertiary/aromatic N) is 2. The van der Waals surface area contributed by atoms with Gasteiger partial charge in [0.2, 0.25) is 0 Å². The monoisotopic (exact) mass is 425 g/mol. The van der Waals surface area contributed by atoms with E-state index in [2.05, 4.69) is 99.4 Å². The third-order valence-corrected chi connectivity index (χ3v) is 4.91. The van der Waals surface area contributed by atoms with E-state index in [1.807, 2.05) is 6.07 Å². The van der Waals surface area contributed by atoms with Gasteiger partial charge in [-0.3, -0.25) is 0 Å². The zero-order valence-electron chi connectivity index (χ0n) is 13.2. The molecule has 4 heteroatoms. The Morgan fingerprint density at radius 3 is 2.67 bits per heavy atom. The number of fused-ring (bicyclic) bond motifs is 2. The summed E-state index contributed by atoms with van der Waals surface area (Å²) in [6, 6.07) is 21.3. The van der Waals surface area contributed by atoms with E-state index in [4.69, 9.17) is 0 Å². The molecule has 0 fully saturated rings. The van der Waals surface area contributed by atoms with Gasteiger partial charge in [0.15, 0.2) is 0 Å². The predicted octanol–water partition coefficient (Wildman–Crippen LogP) is 5.56. The molecule has 0 radical (unpaired) electrons. The van der Waals surface area contributed by atoms with Crippen molar-refractivity contribution in [3.63, 3.8) is 0 Å². The van der Waals surface area contributed by atoms with Crippen molar-refractivity contribution in [1.82, 2.24) is 9.97 Å². The average molecular weight is 425 g/mol. The molecular formula is C20H16IN3. The fourth-order valence-electron chi connectivity index (χ4n) is 3.05. The molecule has 0 aliphatic carbocycles. The number of benzene rings is 3. The molecule has 0 spiro atoms. The second-order valence-electron chi connectivity index (χ2n) is 5.82. The molecule has 118 valence electrons. The van der Waals surface area contributed by atoms with Crippen LogP contribution in [0.5, 0.6) is 0 Å². The summed E-state index contributed by atoms with van der Waals surface area (Å²) in [4.78, 5) is 8.83. The van der Waals surface area contributed by atoms with Crippen molar-refractivity contribution in [2.75, 3.05) is 5.32 Å². The molecule has 4 rings (SSSR count). The number of halogens is 1. The van der Waals surface area contributed by atoms with E-state index >= 15 is 0 Å². The Balaban J connectivity index is 1.76. The molecule has 0 saturated heterocycles. The van der Waals surface area contributed by atoms with Gasteiger partial charge in [-0.2, -0.15) is 0 Å². The fraction of sp³-hybridized carbons (Fsp3) is 0.100. The number of hydrogen-bond acceptors (Lipinski definition) is 3. The minimum atomic E-state index is 0.145. The van der Waals surface area contributed by atoms with E-state index in [1.54, 1.807) is 6.33 Å². The highest BCUT2D eigenvalue weighted by atomic mass is 127. The summed E-state index contributed by atoms with van der Waals surface area (Å²) in [6.45, 7) is 2.17. The molecule has 1 N–H and O–H groups in total. The summed E-state index contributed by atoms with van der Waals surface area (Å²) in [5.41, 5.74) is 2.23. The SMILES string of the molecule is C[C@@H](Nc1ncnc2ccc(I)cc12)c1cccc2ccccc12. The number of nitrogens with one attached hydrogen (secondary N) is 1. The maximum atomic E-state index is 4.47. The highest BCUT2D eigenvalue weighted by Gasteiger charge is 2.12. The number of rotatable bonds is 3. The van der Waals surface area contributed by atoms with Crippen LogP contribution < -0.4 is 5.32 Å². The molecule has 3 aromatic carbocycles. The Bertz CT molecular complexity index is 1020. The van der Waals surface area contributed by atoms with Crippen LogP contribution in [-0.4, -0.2) is 9.97 Å². The lowest BCUT2D eigenvalue weighted by Crippen LogP contribution is -2.09. The van der Waals surface area contributed by atoms with Gasteiger partial charge in [0.1, 0.15) is 12.1 Å². The van der Waals surface area contributed by atoms with Gasteiger partial charge in [0.25, 0.3) is 0 Å². The van der Waals surface area contributed by atoms with E-state index in [-0.39, 0.29) is 6.04 Å². The van der Waals surface area contributed by atoms with Crippen LogP contribution >= 0.6 is 22.6 Å². The van der Waals surface area contributed by atoms with Gasteiger partial charge in [-0.05, 0) is 64.0 Å². The van der Waals surface area contributed by atoms with Crippen molar-refractivity contribution in [1.29, 1.82) is 0 Å². The van der Waals surface area contributed by atoms with Crippen molar-refractivity contribution >= 4 is 50.1 Å². The van der Waals surface area contributed by atoms with Crippen LogP contribution in [0.3, 0.4) is 0 Å². The van der Waals surface area contributed by atoms with Gasteiger partial charge in [0.05, 0.1) is 11.6 Å². The summed E-state index contributed by atoms with van der Waals surface area (Å²) in [5, 5.41) is 7.14. The van der Waals surface area contributed by atoms with E-state index in [0.717, 1.165) is 16.7 Å². The van der Waals surface area contributed by atoms with E-state index in [9.17, 15) is 0 Å². The smallest absolute Gasteiger partial charge is 0.137 e. The highest BCUT2D eigenvalue weighted by molar-refractivity contribution is 14.1. The highest BCUT2D eigenvalue weighted by Crippen LogP contribution is 2.29. The van der Waals surface area contributed by atoms with Crippen LogP contribution in [0.1, 0.15) is 18.5 Å². The number of anilines is 1. The minimum absolute atomic E-state index is 0.145. The first kappa shape index (κ1) is 15.3. The van der Waals surface area contributed by atoms with Crippen molar-refractivity contribution in [2.45, 2.75) is 13.0 Å². The number of aromatic nitrogens is 2. The standard InChI is InChI=1S/C20H16IN3/c1-13(16-8-4-6-14-5-2-3-7-17(14)16)24-20-18-11-15(21)9-10-19(18)22-12-23-20/h2-13H,1H3,(H,22,23,24)/t13-/m1/s1. The molecule has 0 aliphatic rings. The van der Waals surface area contributed by atoms with Gasteiger partial charge in [-0.1, -0.05) is 42.5 Å². The molecular weight excluding hydrogens is 409 g/mol. The van der Waals surface area contributed by atoms with E-state index in [0.29, 0.717) is 0 Å². The predicted molar refractivity (Wildman–Crippen MR) is 108 cm³/mol. The van der Waals surface area contributed by atoms with Crippen LogP contribution in [0.15, 0.2) is 67.0 Å². The summed E-state index contributed by atoms with van der Waals surface area (Å²) in [6.07, 6.45) is 1.62. The van der Waals surface area contributed by atoms with Crippen LogP contribution in [0, 0.1) is 3.57 Å². The molecule has 0 saturated carbocycles. The van der Waals surface area contributed by atoms with Crippen LogP contribution in [0.4, 0.5) is 5.82 Å². The normalized spacial score (nSPS) is 12.4. The Hall–Kier alpha value is -2.21. The molecule has 0 bridgehead atoms. The Labute approximate surface area is 154 Å². The molecule has 24 heavy (non-hydrogen) atoms. The largest absolute Gasteiger partial charge is 0.363 e. The zero-order chi connectivity index (χ0) is 16.5. The van der Waals surface area contributed by atoms with E-state index in [1.165, 1.54) is 19.9 Å². The molecule has 1 atom stereocenters. The Morgan fingerprint density at radius 1 is 0.917 bits per heavy atom. The first-order valence-electron chi connectivity index (χ1n) is 7.87. The average Bonchev–Trinajstić information content (AvgIpc) is 2.61. The Morgan fingerprint density at radius 2 is 1.75 bits per heavy atom. The molecule has 0 unspecified atom stereocenters. The van der Waals surface area contributed by atoms with Crippen molar-refractivity contribution in [3.05, 3.63) is 76.1 Å². The molecule has 1 aromatic heterocycles. The number of hydrogen-bond donors (Lipinski definition) is 1. The lowest BCUT2D eigenvalue weighted by molar-refractivity contribution is 0.885. The van der Waals surface area contributed by atoms with Crippen LogP contribution in [-0.2, 0) is 0 Å². The van der Waals surface area contributed by atoms with Crippen molar-refractivity contribution in [3.8, 4) is 0 Å². The first-order chi connectivity index (χ1) is 11.7. The summed E-state index contributed by atoms with van der Waals surface area (Å²) >= 11 is 2.32. The van der Waals surface area contributed by atoms with Crippen LogP contribution in [0.25, 0.3) is 21.7 Å². The third-order valence-electron chi connectivity index (χ3n) is 4.24. The van der Waals surface area contributed by atoms with Crippen LogP contribution in [0.2, 0.25) is 0 Å². The van der Waals surface area contributed by atoms with Gasteiger partial charge >= 0.3 is 0 Å². The maximum absolute atomic E-state index is 4.47. The topological polar surface area (TPSA) is 37.8 Å². The van der Waals surface area contributed by atoms with Crippen molar-refractivity contribution < 1.29 is 0 Å². The lowest BCUT2D eigenvalue weighted by Gasteiger charge is -2.18. The lowest BCUT2D eigenvalue weighted by atomic mass is 9.99. The quantitative estimate of drug-likeness (QED) is 0.437. The molecule has 4 aromatic rings. The first-order valence-corrected chi connectivity index (χ1v) is 8.95. The second kappa shape index (κ2) is 6.36. The third kappa shape index (κ3) is 2.82. The minimum Gasteiger partial charge on any atom is -0.363 e. The molecule has 3 nitrogen and oxygen atoms in total. The van der Waals surface area contributed by atoms with Gasteiger partial charge < -0.3 is 5.32 Å².